The van der Waals surface area contributed by atoms with Crippen molar-refractivity contribution in [1.82, 2.24) is 15.6 Å². The summed E-state index contributed by atoms with van der Waals surface area (Å²) in [6.45, 7) is 13.7. The molecule has 1 unspecified atom stereocenters. The fourth-order valence-electron chi connectivity index (χ4n) is 1.75. The van der Waals surface area contributed by atoms with E-state index < -0.39 is 0 Å². The van der Waals surface area contributed by atoms with Crippen molar-refractivity contribution in [2.24, 2.45) is 0 Å². The normalized spacial score (nSPS) is 13.4. The van der Waals surface area contributed by atoms with Gasteiger partial charge in [-0.2, -0.15) is 0 Å². The molecule has 2 N–H and O–H groups in total. The molecule has 0 aromatic carbocycles. The quantitative estimate of drug-likeness (QED) is 0.817. The molecule has 0 fully saturated rings. The lowest BCUT2D eigenvalue weighted by Gasteiger charge is -2.14. The van der Waals surface area contributed by atoms with Crippen molar-refractivity contribution < 1.29 is 4.79 Å². The number of nitrogens with zero attached hydrogens (tertiary/aromatic N) is 1. The predicted molar refractivity (Wildman–Crippen MR) is 80.7 cm³/mol. The van der Waals surface area contributed by atoms with Crippen molar-refractivity contribution in [2.75, 3.05) is 13.1 Å². The van der Waals surface area contributed by atoms with E-state index in [1.807, 2.05) is 0 Å². The third-order valence-corrected chi connectivity index (χ3v) is 4.58. The lowest BCUT2D eigenvalue weighted by atomic mass is 9.98. The number of hydrogen-bond acceptors (Lipinski definition) is 4. The van der Waals surface area contributed by atoms with Crippen molar-refractivity contribution in [1.29, 1.82) is 0 Å². The highest BCUT2D eigenvalue weighted by molar-refractivity contribution is 7.12. The van der Waals surface area contributed by atoms with Crippen molar-refractivity contribution in [2.45, 2.75) is 53.0 Å². The van der Waals surface area contributed by atoms with Gasteiger partial charge < -0.3 is 10.6 Å². The first-order valence-electron chi connectivity index (χ1n) is 6.67. The second kappa shape index (κ2) is 6.48. The summed E-state index contributed by atoms with van der Waals surface area (Å²) in [4.78, 5) is 16.7. The fourth-order valence-corrected chi connectivity index (χ4v) is 2.90. The van der Waals surface area contributed by atoms with Gasteiger partial charge in [-0.25, -0.2) is 4.98 Å². The molecule has 5 heteroatoms. The Labute approximate surface area is 120 Å². The predicted octanol–water partition coefficient (Wildman–Crippen LogP) is 2.54. The second-order valence-corrected chi connectivity index (χ2v) is 6.91. The molecule has 1 atom stereocenters. The monoisotopic (exact) mass is 283 g/mol. The van der Waals surface area contributed by atoms with Gasteiger partial charge in [-0.15, -0.1) is 11.3 Å². The molecular formula is C14H25N3OS. The maximum Gasteiger partial charge on any atom is 0.216 e. The van der Waals surface area contributed by atoms with Crippen LogP contribution in [-0.2, 0) is 10.2 Å². The van der Waals surface area contributed by atoms with Crippen LogP contribution in [0.4, 0.5) is 0 Å². The van der Waals surface area contributed by atoms with Gasteiger partial charge in [-0.05, 0) is 13.8 Å². The Morgan fingerprint density at radius 2 is 2.00 bits per heavy atom. The molecule has 0 saturated heterocycles. The van der Waals surface area contributed by atoms with Gasteiger partial charge in [0.15, 0.2) is 0 Å². The number of hydrogen-bond donors (Lipinski definition) is 2. The highest BCUT2D eigenvalue weighted by atomic mass is 32.1. The van der Waals surface area contributed by atoms with Crippen LogP contribution in [0.15, 0.2) is 0 Å². The molecular weight excluding hydrogens is 258 g/mol. The van der Waals surface area contributed by atoms with E-state index >= 15 is 0 Å². The average Bonchev–Trinajstić information content (AvgIpc) is 2.66. The molecule has 0 saturated carbocycles. The Hall–Kier alpha value is -0.940. The molecule has 0 aliphatic rings. The molecule has 0 radical (unpaired) electrons. The van der Waals surface area contributed by atoms with Gasteiger partial charge in [-0.1, -0.05) is 20.8 Å². The zero-order valence-electron chi connectivity index (χ0n) is 12.8. The Morgan fingerprint density at radius 3 is 2.47 bits per heavy atom. The molecule has 0 aliphatic heterocycles. The topological polar surface area (TPSA) is 54.0 Å². The molecule has 0 bridgehead atoms. The Balaban J connectivity index is 2.59. The molecule has 1 aromatic heterocycles. The third kappa shape index (κ3) is 4.91. The van der Waals surface area contributed by atoms with Crippen LogP contribution in [0.25, 0.3) is 0 Å². The summed E-state index contributed by atoms with van der Waals surface area (Å²) in [5.74, 6) is 0.0124. The van der Waals surface area contributed by atoms with Crippen molar-refractivity contribution >= 4 is 17.2 Å². The molecule has 1 rings (SSSR count). The third-order valence-electron chi connectivity index (χ3n) is 2.82. The Morgan fingerprint density at radius 1 is 1.37 bits per heavy atom. The number of thiazole rings is 1. The van der Waals surface area contributed by atoms with Crippen LogP contribution in [0.5, 0.6) is 0 Å². The van der Waals surface area contributed by atoms with Gasteiger partial charge in [-0.3, -0.25) is 4.79 Å². The number of aryl methyl sites for hydroxylation is 1. The second-order valence-electron chi connectivity index (χ2n) is 5.88. The molecule has 19 heavy (non-hydrogen) atoms. The maximum absolute atomic E-state index is 10.8. The first kappa shape index (κ1) is 16.1. The average molecular weight is 283 g/mol. The van der Waals surface area contributed by atoms with E-state index in [0.29, 0.717) is 6.54 Å². The van der Waals surface area contributed by atoms with Crippen LogP contribution >= 0.6 is 11.3 Å². The SMILES string of the molecule is CC(=O)NCCNC(C)c1sc(C(C)(C)C)nc1C. The standard InChI is InChI=1S/C14H25N3OS/c1-9(15-7-8-16-11(3)18)12-10(2)17-13(19-12)14(4,5)6/h9,15H,7-8H2,1-6H3,(H,16,18). The maximum atomic E-state index is 10.8. The highest BCUT2D eigenvalue weighted by Gasteiger charge is 2.22. The van der Waals surface area contributed by atoms with E-state index in [-0.39, 0.29) is 17.4 Å². The lowest BCUT2D eigenvalue weighted by molar-refractivity contribution is -0.118. The van der Waals surface area contributed by atoms with Gasteiger partial charge in [0.1, 0.15) is 0 Å². The molecule has 1 aromatic rings. The van der Waals surface area contributed by atoms with Gasteiger partial charge >= 0.3 is 0 Å². The molecule has 1 heterocycles. The van der Waals surface area contributed by atoms with E-state index in [4.69, 9.17) is 0 Å². The summed E-state index contributed by atoms with van der Waals surface area (Å²) in [5, 5.41) is 7.37. The number of carbonyl (C=O) groups excluding carboxylic acids is 1. The smallest absolute Gasteiger partial charge is 0.216 e. The van der Waals surface area contributed by atoms with Crippen LogP contribution in [0.1, 0.15) is 56.2 Å². The molecule has 0 aliphatic carbocycles. The molecule has 1 amide bonds. The minimum absolute atomic E-state index is 0.0124. The Bertz CT molecular complexity index is 434. The number of rotatable bonds is 5. The van der Waals surface area contributed by atoms with E-state index in [2.05, 4.69) is 50.2 Å². The van der Waals surface area contributed by atoms with Crippen molar-refractivity contribution in [3.63, 3.8) is 0 Å². The molecule has 108 valence electrons. The molecule has 4 nitrogen and oxygen atoms in total. The summed E-state index contributed by atoms with van der Waals surface area (Å²) in [6.07, 6.45) is 0. The van der Waals surface area contributed by atoms with Gasteiger partial charge in [0.2, 0.25) is 5.91 Å². The number of amides is 1. The lowest BCUT2D eigenvalue weighted by Crippen LogP contribution is -2.31. The zero-order chi connectivity index (χ0) is 14.6. The summed E-state index contributed by atoms with van der Waals surface area (Å²) in [6, 6.07) is 0.266. The minimum Gasteiger partial charge on any atom is -0.355 e. The first-order chi connectivity index (χ1) is 8.71. The minimum atomic E-state index is 0.0124. The zero-order valence-corrected chi connectivity index (χ0v) is 13.6. The van der Waals surface area contributed by atoms with Crippen molar-refractivity contribution in [3.8, 4) is 0 Å². The molecule has 0 spiro atoms. The van der Waals surface area contributed by atoms with E-state index in [1.54, 1.807) is 11.3 Å². The summed E-state index contributed by atoms with van der Waals surface area (Å²) >= 11 is 1.78. The summed E-state index contributed by atoms with van der Waals surface area (Å²) < 4.78 is 0. The van der Waals surface area contributed by atoms with Crippen LogP contribution in [0.3, 0.4) is 0 Å². The largest absolute Gasteiger partial charge is 0.355 e. The number of aromatic nitrogens is 1. The summed E-state index contributed by atoms with van der Waals surface area (Å²) in [7, 11) is 0. The van der Waals surface area contributed by atoms with Gasteiger partial charge in [0.05, 0.1) is 10.7 Å². The van der Waals surface area contributed by atoms with E-state index in [0.717, 1.165) is 12.2 Å². The number of carbonyl (C=O) groups is 1. The van der Waals surface area contributed by atoms with Crippen LogP contribution in [0, 0.1) is 6.92 Å². The van der Waals surface area contributed by atoms with Gasteiger partial charge in [0, 0.05) is 36.3 Å². The van der Waals surface area contributed by atoms with E-state index in [9.17, 15) is 4.79 Å². The van der Waals surface area contributed by atoms with E-state index in [1.165, 1.54) is 16.8 Å². The van der Waals surface area contributed by atoms with Gasteiger partial charge in [0.25, 0.3) is 0 Å². The number of nitrogens with one attached hydrogen (secondary N) is 2. The summed E-state index contributed by atoms with van der Waals surface area (Å²) in [5.41, 5.74) is 1.21. The van der Waals surface area contributed by atoms with Crippen LogP contribution in [0.2, 0.25) is 0 Å². The van der Waals surface area contributed by atoms with Crippen LogP contribution in [-0.4, -0.2) is 24.0 Å². The first-order valence-corrected chi connectivity index (χ1v) is 7.49. The highest BCUT2D eigenvalue weighted by Crippen LogP contribution is 2.32. The Kier molecular flexibility index (Phi) is 5.50. The van der Waals surface area contributed by atoms with Crippen LogP contribution < -0.4 is 10.6 Å². The van der Waals surface area contributed by atoms with Crippen molar-refractivity contribution in [3.05, 3.63) is 15.6 Å². The fraction of sp³-hybridized carbons (Fsp3) is 0.714.